The summed E-state index contributed by atoms with van der Waals surface area (Å²) in [5.74, 6) is 1.07. The van der Waals surface area contributed by atoms with Crippen LogP contribution in [0.1, 0.15) is 27.8 Å². The van der Waals surface area contributed by atoms with Gasteiger partial charge in [-0.1, -0.05) is 18.2 Å². The molecular formula is C19H22O5. The number of benzene rings is 2. The fourth-order valence-corrected chi connectivity index (χ4v) is 2.39. The topological polar surface area (TPSA) is 65.0 Å². The van der Waals surface area contributed by atoms with Crippen molar-refractivity contribution in [3.05, 3.63) is 58.1 Å². The number of aliphatic hydroxyl groups is 1. The van der Waals surface area contributed by atoms with E-state index < -0.39 is 6.16 Å². The smallest absolute Gasteiger partial charge is 0.488 e. The molecule has 0 amide bonds. The Kier molecular flexibility index (Phi) is 5.82. The van der Waals surface area contributed by atoms with Gasteiger partial charge < -0.3 is 19.3 Å². The lowest BCUT2D eigenvalue weighted by molar-refractivity contribution is 0.120. The summed E-state index contributed by atoms with van der Waals surface area (Å²) in [7, 11) is 1.24. The molecule has 0 fully saturated rings. The third kappa shape index (κ3) is 4.06. The molecule has 24 heavy (non-hydrogen) atoms. The number of hydrogen-bond donors (Lipinski definition) is 1. The van der Waals surface area contributed by atoms with Crippen LogP contribution < -0.4 is 9.47 Å². The molecule has 0 aliphatic rings. The molecule has 0 heterocycles. The lowest BCUT2D eigenvalue weighted by Gasteiger charge is -2.16. The van der Waals surface area contributed by atoms with Gasteiger partial charge in [-0.2, -0.15) is 0 Å². The lowest BCUT2D eigenvalue weighted by atomic mass is 10.1. The Morgan fingerprint density at radius 3 is 2.42 bits per heavy atom. The zero-order chi connectivity index (χ0) is 17.7. The zero-order valence-electron chi connectivity index (χ0n) is 14.4. The molecule has 0 saturated carbocycles. The molecule has 128 valence electrons. The maximum Gasteiger partial charge on any atom is 0.513 e. The van der Waals surface area contributed by atoms with Gasteiger partial charge in [0.05, 0.1) is 13.7 Å². The molecule has 0 radical (unpaired) electrons. The molecule has 0 aliphatic heterocycles. The van der Waals surface area contributed by atoms with Crippen molar-refractivity contribution >= 4 is 6.16 Å². The van der Waals surface area contributed by atoms with E-state index in [1.165, 1.54) is 12.7 Å². The van der Waals surface area contributed by atoms with E-state index in [0.29, 0.717) is 16.9 Å². The van der Waals surface area contributed by atoms with Crippen molar-refractivity contribution in [3.63, 3.8) is 0 Å². The molecule has 2 rings (SSSR count). The van der Waals surface area contributed by atoms with Gasteiger partial charge in [0.1, 0.15) is 18.1 Å². The van der Waals surface area contributed by atoms with Crippen LogP contribution in [0.25, 0.3) is 0 Å². The molecule has 5 nitrogen and oxygen atoms in total. The number of carbonyl (C=O) groups is 1. The number of methoxy groups -OCH3 is 1. The van der Waals surface area contributed by atoms with Crippen LogP contribution >= 0.6 is 0 Å². The van der Waals surface area contributed by atoms with E-state index in [1.807, 2.05) is 19.9 Å². The van der Waals surface area contributed by atoms with E-state index >= 15 is 0 Å². The first kappa shape index (κ1) is 17.8. The van der Waals surface area contributed by atoms with Crippen LogP contribution in [0.5, 0.6) is 11.5 Å². The van der Waals surface area contributed by atoms with Crippen molar-refractivity contribution in [2.75, 3.05) is 7.11 Å². The van der Waals surface area contributed by atoms with Crippen molar-refractivity contribution in [2.24, 2.45) is 0 Å². The Bertz CT molecular complexity index is 737. The summed E-state index contributed by atoms with van der Waals surface area (Å²) >= 11 is 0. The minimum absolute atomic E-state index is 0.173. The molecular weight excluding hydrogens is 308 g/mol. The van der Waals surface area contributed by atoms with Crippen LogP contribution in [0.15, 0.2) is 30.3 Å². The molecule has 0 aromatic heterocycles. The number of carbonyl (C=O) groups excluding carboxylic acids is 1. The van der Waals surface area contributed by atoms with Gasteiger partial charge in [-0.15, -0.1) is 0 Å². The van der Waals surface area contributed by atoms with Crippen molar-refractivity contribution in [3.8, 4) is 11.5 Å². The van der Waals surface area contributed by atoms with Crippen LogP contribution in [-0.4, -0.2) is 18.4 Å². The second kappa shape index (κ2) is 7.84. The standard InChI is InChI=1S/C19H22O5/c1-12-8-14(3)18(9-13(12)2)23-11-16-15(10-20)6-5-7-17(16)24-19(21)22-4/h5-9,20H,10-11H2,1-4H3. The zero-order valence-corrected chi connectivity index (χ0v) is 14.4. The molecule has 5 heteroatoms. The number of aliphatic hydroxyl groups excluding tert-OH is 1. The SMILES string of the molecule is COC(=O)Oc1cccc(CO)c1COc1cc(C)c(C)cc1C. The van der Waals surface area contributed by atoms with Gasteiger partial charge in [-0.05, 0) is 55.2 Å². The largest absolute Gasteiger partial charge is 0.513 e. The van der Waals surface area contributed by atoms with E-state index in [1.54, 1.807) is 18.2 Å². The van der Waals surface area contributed by atoms with E-state index in [4.69, 9.17) is 9.47 Å². The summed E-state index contributed by atoms with van der Waals surface area (Å²) in [6.45, 7) is 6.05. The van der Waals surface area contributed by atoms with Gasteiger partial charge in [0.15, 0.2) is 0 Å². The van der Waals surface area contributed by atoms with Gasteiger partial charge in [-0.3, -0.25) is 0 Å². The number of ether oxygens (including phenoxy) is 3. The second-order valence-corrected chi connectivity index (χ2v) is 5.60. The molecule has 0 bridgehead atoms. The molecule has 0 atom stereocenters. The maximum atomic E-state index is 11.4. The third-order valence-corrected chi connectivity index (χ3v) is 3.92. The Labute approximate surface area is 141 Å². The Balaban J connectivity index is 2.28. The summed E-state index contributed by atoms with van der Waals surface area (Å²) < 4.78 is 15.6. The lowest BCUT2D eigenvalue weighted by Crippen LogP contribution is -2.11. The fourth-order valence-electron chi connectivity index (χ4n) is 2.39. The van der Waals surface area contributed by atoms with Crippen LogP contribution in [0.2, 0.25) is 0 Å². The van der Waals surface area contributed by atoms with Gasteiger partial charge in [-0.25, -0.2) is 4.79 Å². The molecule has 0 spiro atoms. The third-order valence-electron chi connectivity index (χ3n) is 3.92. The first-order chi connectivity index (χ1) is 11.5. The van der Waals surface area contributed by atoms with Crippen molar-refractivity contribution in [1.29, 1.82) is 0 Å². The monoisotopic (exact) mass is 330 g/mol. The number of aryl methyl sites for hydroxylation is 3. The highest BCUT2D eigenvalue weighted by Gasteiger charge is 2.14. The molecule has 0 saturated heterocycles. The summed E-state index contributed by atoms with van der Waals surface area (Å²) in [6.07, 6.45) is -0.811. The quantitative estimate of drug-likeness (QED) is 0.667. The molecule has 2 aromatic carbocycles. The van der Waals surface area contributed by atoms with Crippen molar-refractivity contribution in [1.82, 2.24) is 0 Å². The van der Waals surface area contributed by atoms with Gasteiger partial charge in [0.25, 0.3) is 0 Å². The maximum absolute atomic E-state index is 11.4. The minimum Gasteiger partial charge on any atom is -0.488 e. The Morgan fingerprint density at radius 1 is 1.04 bits per heavy atom. The molecule has 0 unspecified atom stereocenters. The molecule has 1 N–H and O–H groups in total. The van der Waals surface area contributed by atoms with Crippen molar-refractivity contribution in [2.45, 2.75) is 34.0 Å². The van der Waals surface area contributed by atoms with Crippen molar-refractivity contribution < 1.29 is 24.1 Å². The van der Waals surface area contributed by atoms with Gasteiger partial charge >= 0.3 is 6.16 Å². The Morgan fingerprint density at radius 2 is 1.75 bits per heavy atom. The highest BCUT2D eigenvalue weighted by atomic mass is 16.7. The molecule has 0 aliphatic carbocycles. The van der Waals surface area contributed by atoms with Crippen LogP contribution in [0.3, 0.4) is 0 Å². The Hall–Kier alpha value is -2.53. The summed E-state index contributed by atoms with van der Waals surface area (Å²) in [6, 6.07) is 9.15. The van der Waals surface area contributed by atoms with E-state index in [9.17, 15) is 9.90 Å². The summed E-state index contributed by atoms with van der Waals surface area (Å²) in [4.78, 5) is 11.4. The molecule has 2 aromatic rings. The predicted molar refractivity (Wildman–Crippen MR) is 90.4 cm³/mol. The highest BCUT2D eigenvalue weighted by Crippen LogP contribution is 2.28. The number of hydrogen-bond acceptors (Lipinski definition) is 5. The first-order valence-corrected chi connectivity index (χ1v) is 7.64. The average molecular weight is 330 g/mol. The van der Waals surface area contributed by atoms with Gasteiger partial charge in [0, 0.05) is 5.56 Å². The van der Waals surface area contributed by atoms with Gasteiger partial charge in [0.2, 0.25) is 0 Å². The summed E-state index contributed by atoms with van der Waals surface area (Å²) in [5, 5.41) is 9.54. The van der Waals surface area contributed by atoms with Crippen LogP contribution in [0.4, 0.5) is 4.79 Å². The first-order valence-electron chi connectivity index (χ1n) is 7.64. The average Bonchev–Trinajstić information content (AvgIpc) is 2.57. The van der Waals surface area contributed by atoms with Crippen LogP contribution in [0, 0.1) is 20.8 Å². The number of rotatable bonds is 5. The van der Waals surface area contributed by atoms with E-state index in [-0.39, 0.29) is 13.2 Å². The normalized spacial score (nSPS) is 10.4. The summed E-state index contributed by atoms with van der Waals surface area (Å²) in [5.41, 5.74) is 4.61. The van der Waals surface area contributed by atoms with E-state index in [2.05, 4.69) is 17.7 Å². The van der Waals surface area contributed by atoms with E-state index in [0.717, 1.165) is 16.9 Å². The van der Waals surface area contributed by atoms with Crippen LogP contribution in [-0.2, 0) is 18.0 Å². The second-order valence-electron chi connectivity index (χ2n) is 5.60. The fraction of sp³-hybridized carbons (Fsp3) is 0.316. The highest BCUT2D eigenvalue weighted by molar-refractivity contribution is 5.64. The predicted octanol–water partition coefficient (Wildman–Crippen LogP) is 3.83. The minimum atomic E-state index is -0.811.